The fourth-order valence-corrected chi connectivity index (χ4v) is 2.66. The molecule has 1 aliphatic rings. The number of anilines is 2. The van der Waals surface area contributed by atoms with Gasteiger partial charge in [-0.15, -0.1) is 0 Å². The predicted molar refractivity (Wildman–Crippen MR) is 77.9 cm³/mol. The van der Waals surface area contributed by atoms with Gasteiger partial charge in [0.1, 0.15) is 0 Å². The first-order chi connectivity index (χ1) is 9.25. The maximum atomic E-state index is 10.6. The maximum Gasteiger partial charge on any atom is 0.153 e. The quantitative estimate of drug-likeness (QED) is 0.810. The van der Waals surface area contributed by atoms with E-state index in [1.54, 1.807) is 0 Å². The highest BCUT2D eigenvalue weighted by atomic mass is 16.3. The van der Waals surface area contributed by atoms with Crippen molar-refractivity contribution in [2.45, 2.75) is 19.1 Å². The molecule has 3 N–H and O–H groups in total. The summed E-state index contributed by atoms with van der Waals surface area (Å²) in [5.41, 5.74) is 9.73. The number of para-hydroxylation sites is 1. The highest BCUT2D eigenvalue weighted by Crippen LogP contribution is 2.32. The Bertz CT molecular complexity index is 565. The normalized spacial score (nSPS) is 15.9. The first-order valence-electron chi connectivity index (χ1n) is 6.64. The molecule has 1 aliphatic heterocycles. The van der Waals surface area contributed by atoms with E-state index < -0.39 is 6.23 Å². The van der Waals surface area contributed by atoms with E-state index in [-0.39, 0.29) is 0 Å². The molecule has 0 spiro atoms. The van der Waals surface area contributed by atoms with Crippen molar-refractivity contribution in [3.05, 3.63) is 59.7 Å². The minimum absolute atomic E-state index is 0.609. The van der Waals surface area contributed by atoms with Crippen LogP contribution in [0.3, 0.4) is 0 Å². The second kappa shape index (κ2) is 4.94. The third-order valence-electron chi connectivity index (χ3n) is 3.68. The number of aryl methyl sites for hydroxylation is 1. The van der Waals surface area contributed by atoms with E-state index in [1.165, 1.54) is 5.56 Å². The molecule has 0 aromatic heterocycles. The van der Waals surface area contributed by atoms with Gasteiger partial charge in [-0.05, 0) is 36.6 Å². The number of benzene rings is 2. The molecule has 0 aliphatic carbocycles. The SMILES string of the molecule is Nc1ccc(C(O)N2CCCc3ccccc32)cc1. The fourth-order valence-electron chi connectivity index (χ4n) is 2.66. The molecule has 98 valence electrons. The summed E-state index contributed by atoms with van der Waals surface area (Å²) in [5, 5.41) is 10.6. The molecule has 1 atom stereocenters. The molecular formula is C16H18N2O. The molecule has 19 heavy (non-hydrogen) atoms. The standard InChI is InChI=1S/C16H18N2O/c17-14-9-7-13(8-10-14)16(19)18-11-3-5-12-4-1-2-6-15(12)18/h1-2,4,6-10,16,19H,3,5,11,17H2. The lowest BCUT2D eigenvalue weighted by Gasteiger charge is -2.35. The van der Waals surface area contributed by atoms with Crippen LogP contribution in [-0.2, 0) is 6.42 Å². The molecule has 1 heterocycles. The predicted octanol–water partition coefficient (Wildman–Crippen LogP) is 2.71. The number of fused-ring (bicyclic) bond motifs is 1. The molecule has 0 bridgehead atoms. The molecule has 1 unspecified atom stereocenters. The van der Waals surface area contributed by atoms with Crippen molar-refractivity contribution in [1.29, 1.82) is 0 Å². The molecular weight excluding hydrogens is 236 g/mol. The van der Waals surface area contributed by atoms with Crippen LogP contribution in [-0.4, -0.2) is 11.7 Å². The van der Waals surface area contributed by atoms with Gasteiger partial charge in [0.2, 0.25) is 0 Å². The van der Waals surface area contributed by atoms with E-state index in [9.17, 15) is 5.11 Å². The Morgan fingerprint density at radius 2 is 1.79 bits per heavy atom. The van der Waals surface area contributed by atoms with E-state index in [4.69, 9.17) is 5.73 Å². The van der Waals surface area contributed by atoms with E-state index in [1.807, 2.05) is 30.3 Å². The Balaban J connectivity index is 1.92. The summed E-state index contributed by atoms with van der Waals surface area (Å²) < 4.78 is 0. The van der Waals surface area contributed by atoms with Crippen LogP contribution < -0.4 is 10.6 Å². The van der Waals surface area contributed by atoms with Crippen LogP contribution in [0.4, 0.5) is 11.4 Å². The van der Waals surface area contributed by atoms with Crippen LogP contribution in [0.1, 0.15) is 23.8 Å². The molecule has 3 nitrogen and oxygen atoms in total. The summed E-state index contributed by atoms with van der Waals surface area (Å²) in [6.07, 6.45) is 1.55. The van der Waals surface area contributed by atoms with Crippen LogP contribution in [0, 0.1) is 0 Å². The lowest BCUT2D eigenvalue weighted by molar-refractivity contribution is 0.169. The van der Waals surface area contributed by atoms with Gasteiger partial charge in [-0.3, -0.25) is 0 Å². The number of hydrogen-bond donors (Lipinski definition) is 2. The third-order valence-corrected chi connectivity index (χ3v) is 3.68. The topological polar surface area (TPSA) is 49.5 Å². The van der Waals surface area contributed by atoms with Crippen LogP contribution in [0.5, 0.6) is 0 Å². The van der Waals surface area contributed by atoms with Gasteiger partial charge in [0.25, 0.3) is 0 Å². The van der Waals surface area contributed by atoms with Gasteiger partial charge in [0.05, 0.1) is 0 Å². The summed E-state index contributed by atoms with van der Waals surface area (Å²) in [4.78, 5) is 2.06. The molecule has 2 aromatic carbocycles. The zero-order valence-corrected chi connectivity index (χ0v) is 10.8. The van der Waals surface area contributed by atoms with Gasteiger partial charge in [-0.25, -0.2) is 0 Å². The Kier molecular flexibility index (Phi) is 3.13. The molecule has 2 aromatic rings. The van der Waals surface area contributed by atoms with Crippen LogP contribution in [0.2, 0.25) is 0 Å². The number of aliphatic hydroxyl groups is 1. The summed E-state index contributed by atoms with van der Waals surface area (Å²) in [6, 6.07) is 15.7. The van der Waals surface area contributed by atoms with Gasteiger partial charge in [-0.2, -0.15) is 0 Å². The number of nitrogens with zero attached hydrogens (tertiary/aromatic N) is 1. The van der Waals surface area contributed by atoms with Crippen molar-refractivity contribution in [3.63, 3.8) is 0 Å². The van der Waals surface area contributed by atoms with Gasteiger partial charge >= 0.3 is 0 Å². The summed E-state index contributed by atoms with van der Waals surface area (Å²) >= 11 is 0. The zero-order chi connectivity index (χ0) is 13.2. The van der Waals surface area contributed by atoms with Gasteiger partial charge in [0.15, 0.2) is 6.23 Å². The Morgan fingerprint density at radius 3 is 2.58 bits per heavy atom. The summed E-state index contributed by atoms with van der Waals surface area (Å²) in [6.45, 7) is 0.878. The Hall–Kier alpha value is -2.00. The molecule has 0 fully saturated rings. The number of aliphatic hydroxyl groups excluding tert-OH is 1. The highest BCUT2D eigenvalue weighted by molar-refractivity contribution is 5.56. The number of nitrogens with two attached hydrogens (primary N) is 1. The van der Waals surface area contributed by atoms with E-state index in [0.29, 0.717) is 0 Å². The molecule has 0 saturated heterocycles. The smallest absolute Gasteiger partial charge is 0.153 e. The monoisotopic (exact) mass is 254 g/mol. The third kappa shape index (κ3) is 2.29. The van der Waals surface area contributed by atoms with E-state index in [2.05, 4.69) is 23.1 Å². The minimum Gasteiger partial charge on any atom is -0.399 e. The van der Waals surface area contributed by atoms with Gasteiger partial charge in [-0.1, -0.05) is 30.3 Å². The lowest BCUT2D eigenvalue weighted by Crippen LogP contribution is -2.33. The number of rotatable bonds is 2. The first-order valence-corrected chi connectivity index (χ1v) is 6.64. The molecule has 0 radical (unpaired) electrons. The maximum absolute atomic E-state index is 10.6. The first kappa shape index (κ1) is 12.1. The minimum atomic E-state index is -0.609. The summed E-state index contributed by atoms with van der Waals surface area (Å²) in [5.74, 6) is 0. The van der Waals surface area contributed by atoms with Crippen molar-refractivity contribution in [2.75, 3.05) is 17.2 Å². The van der Waals surface area contributed by atoms with Crippen molar-refractivity contribution in [1.82, 2.24) is 0 Å². The molecule has 0 amide bonds. The van der Waals surface area contributed by atoms with Crippen molar-refractivity contribution >= 4 is 11.4 Å². The van der Waals surface area contributed by atoms with Gasteiger partial charge < -0.3 is 15.7 Å². The number of hydrogen-bond acceptors (Lipinski definition) is 3. The van der Waals surface area contributed by atoms with Crippen LogP contribution >= 0.6 is 0 Å². The second-order valence-electron chi connectivity index (χ2n) is 4.97. The number of nitrogen functional groups attached to an aromatic ring is 1. The van der Waals surface area contributed by atoms with Crippen LogP contribution in [0.25, 0.3) is 0 Å². The fraction of sp³-hybridized carbons (Fsp3) is 0.250. The van der Waals surface area contributed by atoms with Crippen molar-refractivity contribution in [3.8, 4) is 0 Å². The van der Waals surface area contributed by atoms with Crippen molar-refractivity contribution in [2.24, 2.45) is 0 Å². The van der Waals surface area contributed by atoms with Crippen molar-refractivity contribution < 1.29 is 5.11 Å². The molecule has 3 heteroatoms. The average Bonchev–Trinajstić information content (AvgIpc) is 2.47. The zero-order valence-electron chi connectivity index (χ0n) is 10.8. The van der Waals surface area contributed by atoms with E-state index in [0.717, 1.165) is 36.3 Å². The Morgan fingerprint density at radius 1 is 1.05 bits per heavy atom. The largest absolute Gasteiger partial charge is 0.399 e. The van der Waals surface area contributed by atoms with Gasteiger partial charge in [0, 0.05) is 23.5 Å². The average molecular weight is 254 g/mol. The van der Waals surface area contributed by atoms with E-state index >= 15 is 0 Å². The molecule has 3 rings (SSSR count). The second-order valence-corrected chi connectivity index (χ2v) is 4.97. The lowest BCUT2D eigenvalue weighted by atomic mass is 10.0. The molecule has 0 saturated carbocycles. The summed E-state index contributed by atoms with van der Waals surface area (Å²) in [7, 11) is 0. The highest BCUT2D eigenvalue weighted by Gasteiger charge is 2.23. The Labute approximate surface area is 113 Å². The van der Waals surface area contributed by atoms with Crippen LogP contribution in [0.15, 0.2) is 48.5 Å².